The molecule has 0 bridgehead atoms. The number of benzene rings is 1. The Morgan fingerprint density at radius 1 is 0.810 bits per heavy atom. The topological polar surface area (TPSA) is 68.9 Å². The first-order valence-corrected chi connectivity index (χ1v) is 6.50. The highest BCUT2D eigenvalue weighted by Gasteiger charge is 2.08. The molecule has 3 rings (SSSR count). The van der Waals surface area contributed by atoms with Crippen LogP contribution < -0.4 is 5.73 Å². The van der Waals surface area contributed by atoms with Crippen molar-refractivity contribution in [1.82, 2.24) is 9.97 Å². The molecule has 1 aromatic carbocycles. The summed E-state index contributed by atoms with van der Waals surface area (Å²) in [4.78, 5) is 19.8. The fourth-order valence-corrected chi connectivity index (χ4v) is 2.17. The van der Waals surface area contributed by atoms with Crippen LogP contribution in [0.4, 0.5) is 0 Å². The number of nitrogens with zero attached hydrogens (tertiary/aromatic N) is 2. The molecule has 4 heteroatoms. The maximum absolute atomic E-state index is 11.6. The van der Waals surface area contributed by atoms with Gasteiger partial charge in [0.15, 0.2) is 0 Å². The molecule has 0 fully saturated rings. The quantitative estimate of drug-likeness (QED) is 0.799. The highest BCUT2D eigenvalue weighted by atomic mass is 16.1. The van der Waals surface area contributed by atoms with Gasteiger partial charge in [0.1, 0.15) is 0 Å². The van der Waals surface area contributed by atoms with Gasteiger partial charge < -0.3 is 5.73 Å². The van der Waals surface area contributed by atoms with Crippen LogP contribution in [0.3, 0.4) is 0 Å². The summed E-state index contributed by atoms with van der Waals surface area (Å²) >= 11 is 0. The largest absolute Gasteiger partial charge is 0.366 e. The Labute approximate surface area is 122 Å². The van der Waals surface area contributed by atoms with Crippen LogP contribution in [0.15, 0.2) is 67.3 Å². The van der Waals surface area contributed by atoms with Crippen LogP contribution >= 0.6 is 0 Å². The third kappa shape index (κ3) is 2.79. The number of nitrogens with two attached hydrogens (primary N) is 1. The third-order valence-corrected chi connectivity index (χ3v) is 3.21. The predicted molar refractivity (Wildman–Crippen MR) is 81.4 cm³/mol. The average molecular weight is 275 g/mol. The molecule has 21 heavy (non-hydrogen) atoms. The lowest BCUT2D eigenvalue weighted by Crippen LogP contribution is -2.11. The smallest absolute Gasteiger partial charge is 0.248 e. The number of aromatic nitrogens is 2. The Morgan fingerprint density at radius 3 is 1.71 bits per heavy atom. The maximum atomic E-state index is 11.6. The molecule has 0 aliphatic heterocycles. The first-order chi connectivity index (χ1) is 10.2. The zero-order valence-corrected chi connectivity index (χ0v) is 11.2. The van der Waals surface area contributed by atoms with Crippen molar-refractivity contribution in [2.45, 2.75) is 0 Å². The summed E-state index contributed by atoms with van der Waals surface area (Å²) in [5.41, 5.74) is 9.58. The highest BCUT2D eigenvalue weighted by molar-refractivity contribution is 5.96. The Kier molecular flexibility index (Phi) is 3.43. The third-order valence-electron chi connectivity index (χ3n) is 3.21. The fraction of sp³-hybridized carbons (Fsp3) is 0. The second kappa shape index (κ2) is 5.54. The van der Waals surface area contributed by atoms with E-state index in [1.54, 1.807) is 36.9 Å². The van der Waals surface area contributed by atoms with E-state index in [4.69, 9.17) is 5.73 Å². The van der Waals surface area contributed by atoms with E-state index in [0.717, 1.165) is 22.3 Å². The van der Waals surface area contributed by atoms with E-state index < -0.39 is 5.91 Å². The molecule has 102 valence electrons. The van der Waals surface area contributed by atoms with Gasteiger partial charge in [0.2, 0.25) is 5.91 Å². The van der Waals surface area contributed by atoms with Crippen molar-refractivity contribution in [3.05, 3.63) is 72.8 Å². The molecule has 0 spiro atoms. The number of primary amides is 1. The van der Waals surface area contributed by atoms with Gasteiger partial charge in [-0.15, -0.1) is 0 Å². The molecule has 2 heterocycles. The minimum Gasteiger partial charge on any atom is -0.366 e. The van der Waals surface area contributed by atoms with Crippen molar-refractivity contribution in [2.24, 2.45) is 5.73 Å². The number of amides is 1. The summed E-state index contributed by atoms with van der Waals surface area (Å²) in [7, 11) is 0. The number of hydrogen-bond donors (Lipinski definition) is 1. The van der Waals surface area contributed by atoms with E-state index in [-0.39, 0.29) is 0 Å². The summed E-state index contributed by atoms with van der Waals surface area (Å²) in [6.07, 6.45) is 6.94. The van der Waals surface area contributed by atoms with Gasteiger partial charge in [0.05, 0.1) is 0 Å². The molecule has 3 aromatic rings. The van der Waals surface area contributed by atoms with Crippen molar-refractivity contribution in [3.63, 3.8) is 0 Å². The van der Waals surface area contributed by atoms with E-state index in [1.807, 2.05) is 30.3 Å². The molecule has 0 saturated heterocycles. The minimum atomic E-state index is -0.453. The number of rotatable bonds is 3. The van der Waals surface area contributed by atoms with Crippen molar-refractivity contribution < 1.29 is 4.79 Å². The average Bonchev–Trinajstić information content (AvgIpc) is 2.56. The number of pyridine rings is 2. The van der Waals surface area contributed by atoms with E-state index in [2.05, 4.69) is 9.97 Å². The summed E-state index contributed by atoms with van der Waals surface area (Å²) in [5, 5.41) is 0. The minimum absolute atomic E-state index is 0.453. The van der Waals surface area contributed by atoms with Gasteiger partial charge in [0, 0.05) is 41.5 Å². The van der Waals surface area contributed by atoms with Crippen LogP contribution in [0.1, 0.15) is 10.4 Å². The molecule has 0 saturated carbocycles. The molecule has 0 unspecified atom stereocenters. The zero-order chi connectivity index (χ0) is 14.7. The van der Waals surface area contributed by atoms with Crippen LogP contribution in [0.5, 0.6) is 0 Å². The lowest BCUT2D eigenvalue weighted by Gasteiger charge is -2.08. The maximum Gasteiger partial charge on any atom is 0.248 e. The first-order valence-electron chi connectivity index (χ1n) is 6.50. The van der Waals surface area contributed by atoms with Crippen molar-refractivity contribution in [3.8, 4) is 22.3 Å². The molecular weight excluding hydrogens is 262 g/mol. The molecule has 2 aromatic heterocycles. The van der Waals surface area contributed by atoms with Crippen LogP contribution in [-0.4, -0.2) is 15.9 Å². The van der Waals surface area contributed by atoms with Gasteiger partial charge in [0.25, 0.3) is 0 Å². The van der Waals surface area contributed by atoms with E-state index in [9.17, 15) is 4.79 Å². The Balaban J connectivity index is 2.18. The Hall–Kier alpha value is -3.01. The van der Waals surface area contributed by atoms with Gasteiger partial charge in [-0.3, -0.25) is 14.8 Å². The predicted octanol–water partition coefficient (Wildman–Crippen LogP) is 2.91. The van der Waals surface area contributed by atoms with E-state index >= 15 is 0 Å². The Morgan fingerprint density at radius 2 is 1.33 bits per heavy atom. The SMILES string of the molecule is NC(=O)c1cc(-c2cccnc2)cc(-c2cccnc2)c1. The number of hydrogen-bond acceptors (Lipinski definition) is 3. The normalized spacial score (nSPS) is 10.3. The number of carbonyl (C=O) groups excluding carboxylic acids is 1. The standard InChI is InChI=1S/C17H13N3O/c18-17(21)16-8-14(12-3-1-5-19-10-12)7-15(9-16)13-4-2-6-20-11-13/h1-11H,(H2,18,21). The molecule has 0 aliphatic rings. The van der Waals surface area contributed by atoms with Crippen LogP contribution in [-0.2, 0) is 0 Å². The Bertz CT molecular complexity index is 713. The molecule has 0 atom stereocenters. The van der Waals surface area contributed by atoms with Gasteiger partial charge in [-0.05, 0) is 41.5 Å². The second-order valence-corrected chi connectivity index (χ2v) is 4.65. The summed E-state index contributed by atoms with van der Waals surface area (Å²) < 4.78 is 0. The second-order valence-electron chi connectivity index (χ2n) is 4.65. The molecule has 0 radical (unpaired) electrons. The molecule has 0 aliphatic carbocycles. The fourth-order valence-electron chi connectivity index (χ4n) is 2.17. The summed E-state index contributed by atoms with van der Waals surface area (Å²) in [6, 6.07) is 13.2. The van der Waals surface area contributed by atoms with Crippen molar-refractivity contribution >= 4 is 5.91 Å². The van der Waals surface area contributed by atoms with Crippen molar-refractivity contribution in [2.75, 3.05) is 0 Å². The lowest BCUT2D eigenvalue weighted by atomic mass is 9.97. The zero-order valence-electron chi connectivity index (χ0n) is 11.2. The molecule has 4 nitrogen and oxygen atoms in total. The van der Waals surface area contributed by atoms with E-state index in [0.29, 0.717) is 5.56 Å². The van der Waals surface area contributed by atoms with Crippen molar-refractivity contribution in [1.29, 1.82) is 0 Å². The molecular formula is C17H13N3O. The van der Waals surface area contributed by atoms with Gasteiger partial charge in [-0.2, -0.15) is 0 Å². The highest BCUT2D eigenvalue weighted by Crippen LogP contribution is 2.27. The van der Waals surface area contributed by atoms with Gasteiger partial charge in [-0.1, -0.05) is 12.1 Å². The summed E-state index contributed by atoms with van der Waals surface area (Å²) in [6.45, 7) is 0. The molecule has 1 amide bonds. The van der Waals surface area contributed by atoms with Gasteiger partial charge >= 0.3 is 0 Å². The number of carbonyl (C=O) groups is 1. The first kappa shape index (κ1) is 13.0. The monoisotopic (exact) mass is 275 g/mol. The summed E-state index contributed by atoms with van der Waals surface area (Å²) in [5.74, 6) is -0.453. The van der Waals surface area contributed by atoms with E-state index in [1.165, 1.54) is 0 Å². The van der Waals surface area contributed by atoms with Crippen LogP contribution in [0.25, 0.3) is 22.3 Å². The van der Waals surface area contributed by atoms with Gasteiger partial charge in [-0.25, -0.2) is 0 Å². The molecule has 2 N–H and O–H groups in total. The van der Waals surface area contributed by atoms with Crippen LogP contribution in [0, 0.1) is 0 Å². The van der Waals surface area contributed by atoms with Crippen LogP contribution in [0.2, 0.25) is 0 Å². The lowest BCUT2D eigenvalue weighted by molar-refractivity contribution is 0.100.